The molecule has 32 heavy (non-hydrogen) atoms. The summed E-state index contributed by atoms with van der Waals surface area (Å²) < 4.78 is 12.1. The van der Waals surface area contributed by atoms with Gasteiger partial charge < -0.3 is 9.47 Å². The van der Waals surface area contributed by atoms with E-state index in [1.54, 1.807) is 61.7 Å². The molecule has 3 aromatic carbocycles. The van der Waals surface area contributed by atoms with Crippen LogP contribution < -0.4 is 14.4 Å². The summed E-state index contributed by atoms with van der Waals surface area (Å²) in [5.41, 5.74) is 2.20. The molecule has 4 rings (SSSR count). The maximum Gasteiger partial charge on any atom is 0.298 e. The number of nitrogens with zero attached hydrogens (tertiary/aromatic N) is 1. The summed E-state index contributed by atoms with van der Waals surface area (Å²) in [6, 6.07) is 19.8. The second-order valence-corrected chi connectivity index (χ2v) is 9.08. The maximum atomic E-state index is 12.9. The van der Waals surface area contributed by atoms with Crippen LogP contribution in [0.3, 0.4) is 0 Å². The number of benzene rings is 3. The minimum absolute atomic E-state index is 0.330. The molecule has 1 fully saturated rings. The molecule has 162 valence electrons. The SMILES string of the molecule is COc1cc(/C=C2\SC(=O)N(c3ccccc3)C2=O)c(Br)cc1OCc1ccc(Cl)cc1. The molecule has 0 bridgehead atoms. The zero-order valence-corrected chi connectivity index (χ0v) is 20.0. The normalized spacial score (nSPS) is 14.8. The van der Waals surface area contributed by atoms with Gasteiger partial charge in [-0.3, -0.25) is 9.59 Å². The van der Waals surface area contributed by atoms with Crippen LogP contribution in [0.1, 0.15) is 11.1 Å². The highest BCUT2D eigenvalue weighted by molar-refractivity contribution is 9.10. The van der Waals surface area contributed by atoms with Gasteiger partial charge >= 0.3 is 0 Å². The molecule has 5 nitrogen and oxygen atoms in total. The molecular weight excluding hydrogens is 514 g/mol. The highest BCUT2D eigenvalue weighted by Crippen LogP contribution is 2.39. The Morgan fingerprint density at radius 1 is 1.03 bits per heavy atom. The molecule has 1 aliphatic heterocycles. The molecule has 1 saturated heterocycles. The summed E-state index contributed by atoms with van der Waals surface area (Å²) in [5, 5.41) is 0.327. The summed E-state index contributed by atoms with van der Waals surface area (Å²) in [5.74, 6) is 0.694. The third-order valence-corrected chi connectivity index (χ3v) is 6.49. The molecule has 0 aromatic heterocycles. The first kappa shape index (κ1) is 22.5. The van der Waals surface area contributed by atoms with Crippen LogP contribution in [0.5, 0.6) is 11.5 Å². The number of rotatable bonds is 6. The number of amides is 2. The Labute approximate surface area is 203 Å². The van der Waals surface area contributed by atoms with E-state index in [4.69, 9.17) is 21.1 Å². The van der Waals surface area contributed by atoms with Gasteiger partial charge in [-0.15, -0.1) is 0 Å². The van der Waals surface area contributed by atoms with Crippen LogP contribution in [-0.4, -0.2) is 18.3 Å². The lowest BCUT2D eigenvalue weighted by Gasteiger charge is -2.13. The van der Waals surface area contributed by atoms with Crippen molar-refractivity contribution in [2.75, 3.05) is 12.0 Å². The van der Waals surface area contributed by atoms with Gasteiger partial charge in [0.25, 0.3) is 11.1 Å². The molecule has 0 unspecified atom stereocenters. The fourth-order valence-electron chi connectivity index (χ4n) is 3.08. The second-order valence-electron chi connectivity index (χ2n) is 6.79. The van der Waals surface area contributed by atoms with Gasteiger partial charge in [-0.1, -0.05) is 57.9 Å². The van der Waals surface area contributed by atoms with E-state index in [-0.39, 0.29) is 11.1 Å². The Bertz CT molecular complexity index is 1200. The molecule has 0 saturated carbocycles. The molecule has 0 spiro atoms. The highest BCUT2D eigenvalue weighted by atomic mass is 79.9. The van der Waals surface area contributed by atoms with Gasteiger partial charge in [0.05, 0.1) is 17.7 Å². The van der Waals surface area contributed by atoms with E-state index < -0.39 is 0 Å². The Kier molecular flexibility index (Phi) is 6.89. The van der Waals surface area contributed by atoms with Gasteiger partial charge in [0, 0.05) is 9.50 Å². The van der Waals surface area contributed by atoms with E-state index in [1.165, 1.54) is 4.90 Å². The molecule has 2 amide bonds. The predicted octanol–water partition coefficient (Wildman–Crippen LogP) is 6.93. The van der Waals surface area contributed by atoms with Gasteiger partial charge in [-0.2, -0.15) is 0 Å². The summed E-state index contributed by atoms with van der Waals surface area (Å²) in [6.45, 7) is 0.343. The van der Waals surface area contributed by atoms with E-state index in [0.29, 0.717) is 43.8 Å². The minimum atomic E-state index is -0.361. The first-order valence-electron chi connectivity index (χ1n) is 9.54. The number of anilines is 1. The molecule has 3 aromatic rings. The zero-order chi connectivity index (χ0) is 22.7. The number of hydrogen-bond donors (Lipinski definition) is 0. The van der Waals surface area contributed by atoms with Crippen molar-refractivity contribution in [3.63, 3.8) is 0 Å². The number of carbonyl (C=O) groups is 2. The number of para-hydroxylation sites is 1. The lowest BCUT2D eigenvalue weighted by Crippen LogP contribution is -2.27. The van der Waals surface area contributed by atoms with Crippen molar-refractivity contribution in [1.29, 1.82) is 0 Å². The van der Waals surface area contributed by atoms with Crippen molar-refractivity contribution >= 4 is 62.2 Å². The Hall–Kier alpha value is -2.74. The van der Waals surface area contributed by atoms with E-state index >= 15 is 0 Å². The molecule has 0 radical (unpaired) electrons. The third-order valence-electron chi connectivity index (χ3n) is 4.69. The van der Waals surface area contributed by atoms with Crippen LogP contribution in [0.2, 0.25) is 5.02 Å². The van der Waals surface area contributed by atoms with Crippen LogP contribution in [0, 0.1) is 0 Å². The molecular formula is C24H17BrClNO4S. The Balaban J connectivity index is 1.57. The minimum Gasteiger partial charge on any atom is -0.493 e. The number of ether oxygens (including phenoxy) is 2. The summed E-state index contributed by atoms with van der Waals surface area (Å²) in [4.78, 5) is 26.8. The summed E-state index contributed by atoms with van der Waals surface area (Å²) in [7, 11) is 1.55. The van der Waals surface area contributed by atoms with Crippen LogP contribution in [0.4, 0.5) is 10.5 Å². The lowest BCUT2D eigenvalue weighted by atomic mass is 10.1. The monoisotopic (exact) mass is 529 g/mol. The maximum absolute atomic E-state index is 12.9. The summed E-state index contributed by atoms with van der Waals surface area (Å²) in [6.07, 6.45) is 1.67. The molecule has 0 N–H and O–H groups in total. The van der Waals surface area contributed by atoms with Gasteiger partial charge in [0.15, 0.2) is 11.5 Å². The molecule has 1 aliphatic rings. The largest absolute Gasteiger partial charge is 0.493 e. The number of halogens is 2. The van der Waals surface area contributed by atoms with E-state index in [2.05, 4.69) is 15.9 Å². The lowest BCUT2D eigenvalue weighted by molar-refractivity contribution is -0.113. The third kappa shape index (κ3) is 4.85. The zero-order valence-electron chi connectivity index (χ0n) is 16.9. The number of thioether (sulfide) groups is 1. The van der Waals surface area contributed by atoms with Crippen molar-refractivity contribution in [3.8, 4) is 11.5 Å². The topological polar surface area (TPSA) is 55.8 Å². The summed E-state index contributed by atoms with van der Waals surface area (Å²) >= 11 is 10.4. The van der Waals surface area contributed by atoms with Gasteiger partial charge in [0.2, 0.25) is 0 Å². The first-order chi connectivity index (χ1) is 15.5. The van der Waals surface area contributed by atoms with Gasteiger partial charge in [-0.25, -0.2) is 4.90 Å². The fourth-order valence-corrected chi connectivity index (χ4v) is 4.48. The first-order valence-corrected chi connectivity index (χ1v) is 11.5. The van der Waals surface area contributed by atoms with Crippen molar-refractivity contribution in [3.05, 3.63) is 92.3 Å². The molecule has 8 heteroatoms. The Morgan fingerprint density at radius 3 is 2.44 bits per heavy atom. The van der Waals surface area contributed by atoms with Crippen molar-refractivity contribution in [2.45, 2.75) is 6.61 Å². The molecule has 0 atom stereocenters. The predicted molar refractivity (Wildman–Crippen MR) is 131 cm³/mol. The fraction of sp³-hybridized carbons (Fsp3) is 0.0833. The van der Waals surface area contributed by atoms with Crippen molar-refractivity contribution < 1.29 is 19.1 Å². The smallest absolute Gasteiger partial charge is 0.298 e. The average Bonchev–Trinajstić information content (AvgIpc) is 3.08. The number of carbonyl (C=O) groups excluding carboxylic acids is 2. The number of methoxy groups -OCH3 is 1. The Morgan fingerprint density at radius 2 is 1.75 bits per heavy atom. The van der Waals surface area contributed by atoms with Gasteiger partial charge in [0.1, 0.15) is 6.61 Å². The van der Waals surface area contributed by atoms with E-state index in [9.17, 15) is 9.59 Å². The molecule has 0 aliphatic carbocycles. The quantitative estimate of drug-likeness (QED) is 0.323. The highest BCUT2D eigenvalue weighted by Gasteiger charge is 2.36. The van der Waals surface area contributed by atoms with Crippen LogP contribution in [0.15, 0.2) is 76.1 Å². The van der Waals surface area contributed by atoms with Crippen LogP contribution >= 0.6 is 39.3 Å². The number of imide groups is 1. The standard InChI is InChI=1S/C24H17BrClNO4S/c1-30-20-11-16(19(25)13-21(20)31-14-15-7-9-17(26)10-8-15)12-22-23(28)27(24(29)32-22)18-5-3-2-4-6-18/h2-13H,14H2,1H3/b22-12-. The average molecular weight is 531 g/mol. The van der Waals surface area contributed by atoms with Gasteiger partial charge in [-0.05, 0) is 65.4 Å². The van der Waals surface area contributed by atoms with Crippen LogP contribution in [0.25, 0.3) is 6.08 Å². The van der Waals surface area contributed by atoms with E-state index in [0.717, 1.165) is 17.3 Å². The van der Waals surface area contributed by atoms with Crippen molar-refractivity contribution in [2.24, 2.45) is 0 Å². The van der Waals surface area contributed by atoms with Crippen molar-refractivity contribution in [1.82, 2.24) is 0 Å². The number of hydrogen-bond acceptors (Lipinski definition) is 5. The molecule has 1 heterocycles. The second kappa shape index (κ2) is 9.81. The van der Waals surface area contributed by atoms with Crippen LogP contribution in [-0.2, 0) is 11.4 Å². The van der Waals surface area contributed by atoms with E-state index in [1.807, 2.05) is 18.2 Å².